The van der Waals surface area contributed by atoms with Gasteiger partial charge in [0.05, 0.1) is 21.7 Å². The second-order valence-electron chi connectivity index (χ2n) is 4.13. The minimum Gasteiger partial charge on any atom is -0.489 e. The first-order valence-corrected chi connectivity index (χ1v) is 6.43. The van der Waals surface area contributed by atoms with E-state index < -0.39 is 0 Å². The van der Waals surface area contributed by atoms with E-state index in [1.54, 1.807) is 24.3 Å². The Kier molecular flexibility index (Phi) is 4.31. The number of benzene rings is 2. The second-order valence-corrected chi connectivity index (χ2v) is 4.94. The highest BCUT2D eigenvalue weighted by Crippen LogP contribution is 2.24. The molecule has 0 aliphatic heterocycles. The predicted octanol–water partition coefficient (Wildman–Crippen LogP) is 4.75. The maximum absolute atomic E-state index is 8.87. The first-order chi connectivity index (χ1) is 9.10. The summed E-state index contributed by atoms with van der Waals surface area (Å²) in [5, 5.41) is 9.89. The first-order valence-electron chi connectivity index (χ1n) is 5.67. The second kappa shape index (κ2) is 5.97. The van der Waals surface area contributed by atoms with Gasteiger partial charge in [0.1, 0.15) is 12.4 Å². The Balaban J connectivity index is 2.14. The summed E-state index contributed by atoms with van der Waals surface area (Å²) in [7, 11) is 0. The Morgan fingerprint density at radius 3 is 2.58 bits per heavy atom. The highest BCUT2D eigenvalue weighted by Gasteiger charge is 2.04. The average molecular weight is 292 g/mol. The molecular weight excluding hydrogens is 281 g/mol. The lowest BCUT2D eigenvalue weighted by molar-refractivity contribution is 0.304. The highest BCUT2D eigenvalue weighted by atomic mass is 35.5. The summed E-state index contributed by atoms with van der Waals surface area (Å²) in [5.74, 6) is 0.699. The summed E-state index contributed by atoms with van der Waals surface area (Å²) < 4.78 is 5.71. The van der Waals surface area contributed by atoms with Gasteiger partial charge < -0.3 is 4.74 Å². The SMILES string of the molecule is Cc1ccc(C#N)cc1OCc1ccc(Cl)c(Cl)c1. The van der Waals surface area contributed by atoms with Gasteiger partial charge in [-0.15, -0.1) is 0 Å². The summed E-state index contributed by atoms with van der Waals surface area (Å²) in [6.45, 7) is 2.32. The van der Waals surface area contributed by atoms with Crippen LogP contribution in [0.3, 0.4) is 0 Å². The van der Waals surface area contributed by atoms with Crippen LogP contribution in [0.15, 0.2) is 36.4 Å². The largest absolute Gasteiger partial charge is 0.489 e. The van der Waals surface area contributed by atoms with Crippen LogP contribution in [-0.2, 0) is 6.61 Å². The van der Waals surface area contributed by atoms with Gasteiger partial charge in [-0.2, -0.15) is 5.26 Å². The van der Waals surface area contributed by atoms with Gasteiger partial charge in [-0.1, -0.05) is 35.3 Å². The third kappa shape index (κ3) is 3.41. The van der Waals surface area contributed by atoms with Gasteiger partial charge in [0.25, 0.3) is 0 Å². The fraction of sp³-hybridized carbons (Fsp3) is 0.133. The zero-order valence-electron chi connectivity index (χ0n) is 10.3. The van der Waals surface area contributed by atoms with Crippen molar-refractivity contribution < 1.29 is 4.74 Å². The van der Waals surface area contributed by atoms with E-state index in [1.807, 2.05) is 19.1 Å². The number of rotatable bonds is 3. The molecule has 0 heterocycles. The number of hydrogen-bond donors (Lipinski definition) is 0. The summed E-state index contributed by atoms with van der Waals surface area (Å²) >= 11 is 11.8. The Morgan fingerprint density at radius 2 is 1.89 bits per heavy atom. The molecule has 2 nitrogen and oxygen atoms in total. The smallest absolute Gasteiger partial charge is 0.124 e. The molecule has 0 N–H and O–H groups in total. The molecule has 19 heavy (non-hydrogen) atoms. The molecule has 0 fully saturated rings. The molecule has 2 rings (SSSR count). The van der Waals surface area contributed by atoms with Crippen molar-refractivity contribution in [3.05, 3.63) is 63.1 Å². The summed E-state index contributed by atoms with van der Waals surface area (Å²) in [5.41, 5.74) is 2.49. The monoisotopic (exact) mass is 291 g/mol. The molecular formula is C15H11Cl2NO. The topological polar surface area (TPSA) is 33.0 Å². The Morgan fingerprint density at radius 1 is 1.11 bits per heavy atom. The normalized spacial score (nSPS) is 10.0. The Hall–Kier alpha value is -1.69. The van der Waals surface area contributed by atoms with Crippen LogP contribution in [0.5, 0.6) is 5.75 Å². The Bertz CT molecular complexity index is 647. The maximum atomic E-state index is 8.87. The zero-order valence-corrected chi connectivity index (χ0v) is 11.8. The quantitative estimate of drug-likeness (QED) is 0.817. The van der Waals surface area contributed by atoms with Gasteiger partial charge in [-0.25, -0.2) is 0 Å². The fourth-order valence-corrected chi connectivity index (χ4v) is 1.94. The fourth-order valence-electron chi connectivity index (χ4n) is 1.62. The molecule has 0 atom stereocenters. The molecule has 0 unspecified atom stereocenters. The van der Waals surface area contributed by atoms with Gasteiger partial charge in [0.2, 0.25) is 0 Å². The average Bonchev–Trinajstić information content (AvgIpc) is 2.41. The van der Waals surface area contributed by atoms with Crippen LogP contribution in [0.4, 0.5) is 0 Å². The standard InChI is InChI=1S/C15H11Cl2NO/c1-10-2-3-11(8-18)7-15(10)19-9-12-4-5-13(16)14(17)6-12/h2-7H,9H2,1H3. The number of nitriles is 1. The minimum atomic E-state index is 0.382. The maximum Gasteiger partial charge on any atom is 0.124 e. The molecule has 0 amide bonds. The van der Waals surface area contributed by atoms with Gasteiger partial charge in [0, 0.05) is 0 Å². The van der Waals surface area contributed by atoms with E-state index in [4.69, 9.17) is 33.2 Å². The lowest BCUT2D eigenvalue weighted by atomic mass is 10.1. The molecule has 0 radical (unpaired) electrons. The van der Waals surface area contributed by atoms with Crippen molar-refractivity contribution in [1.82, 2.24) is 0 Å². The van der Waals surface area contributed by atoms with Gasteiger partial charge in [-0.05, 0) is 42.3 Å². The van der Waals surface area contributed by atoms with E-state index in [2.05, 4.69) is 6.07 Å². The molecule has 2 aromatic carbocycles. The van der Waals surface area contributed by atoms with Crippen LogP contribution in [0.1, 0.15) is 16.7 Å². The number of halogens is 2. The number of hydrogen-bond acceptors (Lipinski definition) is 2. The number of ether oxygens (including phenoxy) is 1. The van der Waals surface area contributed by atoms with Crippen molar-refractivity contribution in [1.29, 1.82) is 5.26 Å². The summed E-state index contributed by atoms with van der Waals surface area (Å²) in [6, 6.07) is 12.8. The van der Waals surface area contributed by atoms with Gasteiger partial charge >= 0.3 is 0 Å². The zero-order chi connectivity index (χ0) is 13.8. The molecule has 96 valence electrons. The predicted molar refractivity (Wildman–Crippen MR) is 76.7 cm³/mol. The van der Waals surface area contributed by atoms with E-state index in [-0.39, 0.29) is 0 Å². The van der Waals surface area contributed by atoms with Crippen molar-refractivity contribution in [2.24, 2.45) is 0 Å². The number of nitrogens with zero attached hydrogens (tertiary/aromatic N) is 1. The van der Waals surface area contributed by atoms with Crippen molar-refractivity contribution >= 4 is 23.2 Å². The molecule has 2 aromatic rings. The van der Waals surface area contributed by atoms with Crippen LogP contribution >= 0.6 is 23.2 Å². The molecule has 0 bridgehead atoms. The third-order valence-electron chi connectivity index (χ3n) is 2.70. The molecule has 0 saturated carbocycles. The van der Waals surface area contributed by atoms with Gasteiger partial charge in [0.15, 0.2) is 0 Å². The van der Waals surface area contributed by atoms with Crippen molar-refractivity contribution in [3.8, 4) is 11.8 Å². The minimum absolute atomic E-state index is 0.382. The summed E-state index contributed by atoms with van der Waals surface area (Å²) in [6.07, 6.45) is 0. The summed E-state index contributed by atoms with van der Waals surface area (Å²) in [4.78, 5) is 0. The van der Waals surface area contributed by atoms with Crippen LogP contribution < -0.4 is 4.74 Å². The van der Waals surface area contributed by atoms with Crippen molar-refractivity contribution in [2.75, 3.05) is 0 Å². The van der Waals surface area contributed by atoms with Crippen LogP contribution in [0, 0.1) is 18.3 Å². The lowest BCUT2D eigenvalue weighted by Gasteiger charge is -2.10. The first kappa shape index (κ1) is 13.7. The van der Waals surface area contributed by atoms with E-state index in [0.717, 1.165) is 11.1 Å². The van der Waals surface area contributed by atoms with Crippen molar-refractivity contribution in [3.63, 3.8) is 0 Å². The number of aryl methyl sites for hydroxylation is 1. The van der Waals surface area contributed by atoms with Crippen LogP contribution in [0.25, 0.3) is 0 Å². The van der Waals surface area contributed by atoms with Gasteiger partial charge in [-0.3, -0.25) is 0 Å². The van der Waals surface area contributed by atoms with E-state index in [9.17, 15) is 0 Å². The van der Waals surface area contributed by atoms with E-state index >= 15 is 0 Å². The van der Waals surface area contributed by atoms with E-state index in [1.165, 1.54) is 0 Å². The highest BCUT2D eigenvalue weighted by molar-refractivity contribution is 6.42. The van der Waals surface area contributed by atoms with Crippen LogP contribution in [-0.4, -0.2) is 0 Å². The lowest BCUT2D eigenvalue weighted by Crippen LogP contribution is -1.97. The Labute approximate surface area is 122 Å². The molecule has 0 saturated heterocycles. The van der Waals surface area contributed by atoms with Crippen LogP contribution in [0.2, 0.25) is 10.0 Å². The molecule has 0 aliphatic rings. The van der Waals surface area contributed by atoms with Crippen molar-refractivity contribution in [2.45, 2.75) is 13.5 Å². The van der Waals surface area contributed by atoms with E-state index in [0.29, 0.717) is 28.0 Å². The third-order valence-corrected chi connectivity index (χ3v) is 3.43. The molecule has 0 aromatic heterocycles. The molecule has 0 aliphatic carbocycles. The molecule has 0 spiro atoms. The molecule has 4 heteroatoms.